The van der Waals surface area contributed by atoms with Gasteiger partial charge < -0.3 is 20.1 Å². The van der Waals surface area contributed by atoms with E-state index in [1.807, 2.05) is 97.1 Å². The summed E-state index contributed by atoms with van der Waals surface area (Å²) in [6.45, 7) is 2.70. The highest BCUT2D eigenvalue weighted by Gasteiger charge is 2.22. The summed E-state index contributed by atoms with van der Waals surface area (Å²) in [5.41, 5.74) is 2.21. The van der Waals surface area contributed by atoms with Gasteiger partial charge in [0.2, 0.25) is 5.91 Å². The van der Waals surface area contributed by atoms with Crippen LogP contribution in [0.5, 0.6) is 11.5 Å². The van der Waals surface area contributed by atoms with Gasteiger partial charge in [-0.25, -0.2) is 0 Å². The topological polar surface area (TPSA) is 76.7 Å². The van der Waals surface area contributed by atoms with Crippen LogP contribution in [0.2, 0.25) is 0 Å². The van der Waals surface area contributed by atoms with Gasteiger partial charge in [-0.1, -0.05) is 67.9 Å². The Morgan fingerprint density at radius 3 is 2.15 bits per heavy atom. The average molecular weight is 541 g/mol. The molecule has 0 radical (unpaired) electrons. The molecule has 7 heteroatoms. The smallest absolute Gasteiger partial charge is 0.262 e. The third kappa shape index (κ3) is 8.93. The second kappa shape index (κ2) is 14.6. The van der Waals surface area contributed by atoms with Crippen LogP contribution in [-0.2, 0) is 9.59 Å². The molecule has 4 aromatic rings. The van der Waals surface area contributed by atoms with E-state index in [1.165, 1.54) is 11.8 Å². The Morgan fingerprint density at radius 2 is 1.44 bits per heavy atom. The van der Waals surface area contributed by atoms with Gasteiger partial charge in [0, 0.05) is 16.3 Å². The van der Waals surface area contributed by atoms with Crippen molar-refractivity contribution in [3.63, 3.8) is 0 Å². The maximum Gasteiger partial charge on any atom is 0.262 e. The molecule has 0 heterocycles. The number of nitrogens with one attached hydrogen (secondary N) is 2. The molecule has 0 saturated carbocycles. The summed E-state index contributed by atoms with van der Waals surface area (Å²) in [5, 5.41) is 5.40. The zero-order chi connectivity index (χ0) is 27.3. The van der Waals surface area contributed by atoms with Crippen LogP contribution in [0.3, 0.4) is 0 Å². The number of anilines is 2. The molecular weight excluding hydrogens is 508 g/mol. The monoisotopic (exact) mass is 540 g/mol. The maximum atomic E-state index is 13.4. The van der Waals surface area contributed by atoms with E-state index in [9.17, 15) is 9.59 Å². The summed E-state index contributed by atoms with van der Waals surface area (Å²) in [6, 6.07) is 33.7. The molecule has 1 atom stereocenters. The number of hydrogen-bond donors (Lipinski definition) is 2. The molecule has 0 aromatic heterocycles. The van der Waals surface area contributed by atoms with Crippen molar-refractivity contribution < 1.29 is 19.1 Å². The average Bonchev–Trinajstić information content (AvgIpc) is 2.97. The van der Waals surface area contributed by atoms with Gasteiger partial charge in [-0.05, 0) is 66.6 Å². The van der Waals surface area contributed by atoms with Gasteiger partial charge in [-0.15, -0.1) is 11.8 Å². The minimum atomic E-state index is -0.501. The van der Waals surface area contributed by atoms with E-state index in [0.717, 1.165) is 29.1 Å². The molecule has 0 bridgehead atoms. The van der Waals surface area contributed by atoms with E-state index in [0.29, 0.717) is 23.7 Å². The Balaban J connectivity index is 1.41. The van der Waals surface area contributed by atoms with Crippen molar-refractivity contribution in [2.75, 3.05) is 23.8 Å². The number of unbranched alkanes of at least 4 members (excludes halogenated alkanes) is 1. The molecule has 4 rings (SSSR count). The van der Waals surface area contributed by atoms with Crippen LogP contribution in [0.25, 0.3) is 0 Å². The van der Waals surface area contributed by atoms with E-state index in [4.69, 9.17) is 9.47 Å². The summed E-state index contributed by atoms with van der Waals surface area (Å²) < 4.78 is 11.3. The summed E-state index contributed by atoms with van der Waals surface area (Å²) in [4.78, 5) is 26.7. The van der Waals surface area contributed by atoms with Crippen LogP contribution in [-0.4, -0.2) is 25.0 Å². The van der Waals surface area contributed by atoms with E-state index in [2.05, 4.69) is 17.6 Å². The highest BCUT2D eigenvalue weighted by Crippen LogP contribution is 2.37. The van der Waals surface area contributed by atoms with Gasteiger partial charge in [0.15, 0.2) is 6.61 Å². The van der Waals surface area contributed by atoms with Gasteiger partial charge in [0.05, 0.1) is 6.61 Å². The van der Waals surface area contributed by atoms with Crippen LogP contribution >= 0.6 is 11.8 Å². The SMILES string of the molecule is CCCCOc1ccc(NC(=O)C(Sc2cccc(NC(=O)COc3ccccc3)c2)c2ccccc2)cc1. The quantitative estimate of drug-likeness (QED) is 0.137. The zero-order valence-electron chi connectivity index (χ0n) is 21.8. The van der Waals surface area contributed by atoms with Gasteiger partial charge >= 0.3 is 0 Å². The molecule has 4 aromatic carbocycles. The van der Waals surface area contributed by atoms with Gasteiger partial charge in [-0.2, -0.15) is 0 Å². The third-order valence-corrected chi connectivity index (χ3v) is 6.96. The molecule has 0 saturated heterocycles. The van der Waals surface area contributed by atoms with Gasteiger partial charge in [0.1, 0.15) is 16.7 Å². The standard InChI is InChI=1S/C32H32N2O4S/c1-2-3-21-37-28-19-17-25(18-20-28)34-32(36)31(24-11-6-4-7-12-24)39-29-16-10-13-26(22-29)33-30(35)23-38-27-14-8-5-9-15-27/h4-20,22,31H,2-3,21,23H2,1H3,(H,33,35)(H,34,36). The number of benzene rings is 4. The van der Waals surface area contributed by atoms with Crippen LogP contribution in [0.1, 0.15) is 30.6 Å². The first-order valence-electron chi connectivity index (χ1n) is 12.9. The molecule has 1 unspecified atom stereocenters. The van der Waals surface area contributed by atoms with Crippen molar-refractivity contribution >= 4 is 35.0 Å². The molecule has 0 fully saturated rings. The lowest BCUT2D eigenvalue weighted by molar-refractivity contribution is -0.118. The van der Waals surface area contributed by atoms with Crippen molar-refractivity contribution in [3.05, 3.63) is 115 Å². The van der Waals surface area contributed by atoms with E-state index in [1.54, 1.807) is 12.1 Å². The highest BCUT2D eigenvalue weighted by atomic mass is 32.2. The summed E-state index contributed by atoms with van der Waals surface area (Å²) >= 11 is 1.42. The number of carbonyl (C=O) groups is 2. The summed E-state index contributed by atoms with van der Waals surface area (Å²) in [5.74, 6) is 1.01. The molecule has 0 spiro atoms. The van der Waals surface area contributed by atoms with Gasteiger partial charge in [-0.3, -0.25) is 9.59 Å². The predicted molar refractivity (Wildman–Crippen MR) is 158 cm³/mol. The fraction of sp³-hybridized carbons (Fsp3) is 0.188. The zero-order valence-corrected chi connectivity index (χ0v) is 22.7. The predicted octanol–water partition coefficient (Wildman–Crippen LogP) is 7.36. The number of ether oxygens (including phenoxy) is 2. The fourth-order valence-corrected chi connectivity index (χ4v) is 4.81. The summed E-state index contributed by atoms with van der Waals surface area (Å²) in [6.07, 6.45) is 2.07. The second-order valence-electron chi connectivity index (χ2n) is 8.80. The lowest BCUT2D eigenvalue weighted by Crippen LogP contribution is -2.20. The van der Waals surface area contributed by atoms with E-state index < -0.39 is 5.25 Å². The third-order valence-electron chi connectivity index (χ3n) is 5.71. The van der Waals surface area contributed by atoms with Crippen molar-refractivity contribution in [1.29, 1.82) is 0 Å². The molecule has 2 N–H and O–H groups in total. The number of rotatable bonds is 13. The molecule has 200 valence electrons. The van der Waals surface area contributed by atoms with Crippen molar-refractivity contribution in [3.8, 4) is 11.5 Å². The minimum absolute atomic E-state index is 0.0983. The Hall–Kier alpha value is -4.23. The van der Waals surface area contributed by atoms with Gasteiger partial charge in [0.25, 0.3) is 5.91 Å². The Labute approximate surface area is 233 Å². The molecule has 2 amide bonds. The van der Waals surface area contributed by atoms with Crippen LogP contribution in [0, 0.1) is 0 Å². The van der Waals surface area contributed by atoms with Crippen LogP contribution in [0.15, 0.2) is 114 Å². The Kier molecular flexibility index (Phi) is 10.4. The maximum absolute atomic E-state index is 13.4. The number of para-hydroxylation sites is 1. The fourth-order valence-electron chi connectivity index (χ4n) is 3.72. The molecular formula is C32H32N2O4S. The van der Waals surface area contributed by atoms with Crippen LogP contribution in [0.4, 0.5) is 11.4 Å². The largest absolute Gasteiger partial charge is 0.494 e. The first kappa shape index (κ1) is 27.8. The molecule has 6 nitrogen and oxygen atoms in total. The molecule has 0 aliphatic carbocycles. The summed E-state index contributed by atoms with van der Waals surface area (Å²) in [7, 11) is 0. The van der Waals surface area contributed by atoms with Crippen molar-refractivity contribution in [2.24, 2.45) is 0 Å². The molecule has 0 aliphatic rings. The second-order valence-corrected chi connectivity index (χ2v) is 9.98. The first-order valence-corrected chi connectivity index (χ1v) is 13.8. The number of thioether (sulfide) groups is 1. The number of hydrogen-bond acceptors (Lipinski definition) is 5. The lowest BCUT2D eigenvalue weighted by Gasteiger charge is -2.18. The first-order chi connectivity index (χ1) is 19.1. The van der Waals surface area contributed by atoms with E-state index in [-0.39, 0.29) is 18.4 Å². The van der Waals surface area contributed by atoms with Crippen LogP contribution < -0.4 is 20.1 Å². The van der Waals surface area contributed by atoms with Crippen molar-refractivity contribution in [2.45, 2.75) is 29.9 Å². The number of amides is 2. The molecule has 39 heavy (non-hydrogen) atoms. The van der Waals surface area contributed by atoms with E-state index >= 15 is 0 Å². The Morgan fingerprint density at radius 1 is 0.744 bits per heavy atom. The normalized spacial score (nSPS) is 11.3. The lowest BCUT2D eigenvalue weighted by atomic mass is 10.1. The Bertz CT molecular complexity index is 1330. The van der Waals surface area contributed by atoms with Crippen molar-refractivity contribution in [1.82, 2.24) is 0 Å². The number of carbonyl (C=O) groups excluding carboxylic acids is 2. The highest BCUT2D eigenvalue weighted by molar-refractivity contribution is 8.00. The molecule has 0 aliphatic heterocycles. The minimum Gasteiger partial charge on any atom is -0.494 e.